The van der Waals surface area contributed by atoms with Crippen LogP contribution in [-0.2, 0) is 16.3 Å². The lowest BCUT2D eigenvalue weighted by atomic mass is 9.86. The monoisotopic (exact) mass is 675 g/mol. The molecule has 0 unspecified atom stereocenters. The molecule has 4 heterocycles. The van der Waals surface area contributed by atoms with Gasteiger partial charge in [-0.15, -0.1) is 0 Å². The molecule has 0 atom stereocenters. The second-order valence-corrected chi connectivity index (χ2v) is 21.2. The van der Waals surface area contributed by atoms with Gasteiger partial charge >= 0.3 is 0 Å². The average Bonchev–Trinajstić information content (AvgIpc) is 3.66. The molecule has 11 heteroatoms. The summed E-state index contributed by atoms with van der Waals surface area (Å²) in [6.07, 6.45) is 4.59. The highest BCUT2D eigenvalue weighted by atomic mass is 28.3. The molecule has 0 saturated heterocycles. The van der Waals surface area contributed by atoms with E-state index in [1.54, 1.807) is 37.2 Å². The molecule has 1 aliphatic rings. The molecular weight excluding hydrogens is 623 g/mol. The van der Waals surface area contributed by atoms with Crippen molar-refractivity contribution in [3.63, 3.8) is 0 Å². The van der Waals surface area contributed by atoms with Crippen molar-refractivity contribution in [2.75, 3.05) is 27.4 Å². The molecule has 0 spiro atoms. The smallest absolute Gasteiger partial charge is 0.213 e. The predicted molar refractivity (Wildman–Crippen MR) is 194 cm³/mol. The zero-order chi connectivity index (χ0) is 35.7. The quantitative estimate of drug-likeness (QED) is 0.103. The Balaban J connectivity index is 0.000000275. The number of nitrogens with zero attached hydrogens (tertiary/aromatic N) is 5. The second-order valence-electron chi connectivity index (χ2n) is 15.5. The van der Waals surface area contributed by atoms with Crippen LogP contribution in [0, 0.1) is 10.8 Å². The first-order chi connectivity index (χ1) is 22.4. The van der Waals surface area contributed by atoms with Gasteiger partial charge in [0.15, 0.2) is 11.6 Å². The molecule has 0 aromatic carbocycles. The Morgan fingerprint density at radius 1 is 0.833 bits per heavy atom. The van der Waals surface area contributed by atoms with Gasteiger partial charge in [-0.3, -0.25) is 14.6 Å². The fraction of sp³-hybridized carbons (Fsp3) is 0.514. The number of hydrogen-bond acceptors (Lipinski definition) is 9. The van der Waals surface area contributed by atoms with Crippen LogP contribution >= 0.6 is 0 Å². The highest BCUT2D eigenvalue weighted by Crippen LogP contribution is 2.28. The van der Waals surface area contributed by atoms with Crippen LogP contribution in [0.15, 0.2) is 59.2 Å². The number of allylic oxidation sites excluding steroid dienone is 1. The minimum absolute atomic E-state index is 0.0343. The molecule has 0 N–H and O–H groups in total. The second kappa shape index (κ2) is 16.4. The first-order valence-electron chi connectivity index (χ1n) is 16.4. The van der Waals surface area contributed by atoms with E-state index in [2.05, 4.69) is 81.2 Å². The van der Waals surface area contributed by atoms with E-state index < -0.39 is 8.07 Å². The van der Waals surface area contributed by atoms with Gasteiger partial charge in [0.2, 0.25) is 11.8 Å². The molecule has 0 saturated carbocycles. The summed E-state index contributed by atoms with van der Waals surface area (Å²) in [5.74, 6) is 1.20. The van der Waals surface area contributed by atoms with E-state index >= 15 is 0 Å². The summed E-state index contributed by atoms with van der Waals surface area (Å²) in [6.45, 7) is 20.9. The van der Waals surface area contributed by atoms with E-state index in [-0.39, 0.29) is 22.4 Å². The molecule has 1 aliphatic heterocycles. The van der Waals surface area contributed by atoms with Crippen LogP contribution in [0.2, 0.25) is 25.7 Å². The number of aromatic nitrogens is 4. The minimum atomic E-state index is -1.14. The van der Waals surface area contributed by atoms with E-state index in [9.17, 15) is 9.59 Å². The number of carbonyl (C=O) groups is 2. The van der Waals surface area contributed by atoms with Crippen molar-refractivity contribution >= 4 is 25.4 Å². The number of hydrogen-bond donors (Lipinski definition) is 0. The van der Waals surface area contributed by atoms with E-state index in [4.69, 9.17) is 14.2 Å². The van der Waals surface area contributed by atoms with Crippen LogP contribution in [0.5, 0.6) is 11.8 Å². The van der Waals surface area contributed by atoms with Gasteiger partial charge in [0.1, 0.15) is 12.4 Å². The van der Waals surface area contributed by atoms with E-state index in [0.29, 0.717) is 78.4 Å². The number of methoxy groups -OCH3 is 2. The molecule has 3 aromatic heterocycles. The number of carbonyl (C=O) groups excluding carboxylic acids is 2. The maximum atomic E-state index is 12.9. The van der Waals surface area contributed by atoms with Crippen LogP contribution in [0.1, 0.15) is 70.4 Å². The fourth-order valence-corrected chi connectivity index (χ4v) is 5.52. The van der Waals surface area contributed by atoms with Gasteiger partial charge in [-0.05, 0) is 29.0 Å². The number of Topliss-reactive ketones (excluding diaryl/α,β-unsaturated/α-hetero) is 2. The van der Waals surface area contributed by atoms with Crippen LogP contribution in [-0.4, -0.2) is 72.5 Å². The lowest BCUT2D eigenvalue weighted by molar-refractivity contribution is -0.116. The van der Waals surface area contributed by atoms with Crippen molar-refractivity contribution in [1.29, 1.82) is 0 Å². The van der Waals surface area contributed by atoms with Gasteiger partial charge < -0.3 is 14.2 Å². The lowest BCUT2D eigenvalue weighted by Gasteiger charge is -2.17. The first-order valence-corrected chi connectivity index (χ1v) is 20.1. The molecule has 0 aliphatic carbocycles. The summed E-state index contributed by atoms with van der Waals surface area (Å²) in [4.78, 5) is 38.5. The molecule has 0 bridgehead atoms. The Morgan fingerprint density at radius 2 is 1.40 bits per heavy atom. The molecule has 260 valence electrons. The standard InChI is InChI=1S/C21H33N3O3Si.C16H20N2O2/c1-21(2,3)13-18(25)16-14-24(15-27-11-12-28(5,6)7)23-20(16)17-9-8-10-19(22-17)26-4;1-16(2,3)10-13(19)11-8-9-17-15(11)12-6-5-7-14(18-12)20-4/h8-10,14H,11-13,15H2,1-7H3;5-8H,9-10H2,1-4H3. The Hall–Kier alpha value is -3.96. The zero-order valence-electron chi connectivity index (χ0n) is 30.6. The third-order valence-corrected chi connectivity index (χ3v) is 8.82. The summed E-state index contributed by atoms with van der Waals surface area (Å²) in [6, 6.07) is 12.0. The first kappa shape index (κ1) is 38.5. The summed E-state index contributed by atoms with van der Waals surface area (Å²) >= 11 is 0. The van der Waals surface area contributed by atoms with Gasteiger partial charge in [0.05, 0.1) is 43.4 Å². The highest BCUT2D eigenvalue weighted by molar-refractivity contribution is 6.76. The molecule has 10 nitrogen and oxygen atoms in total. The Morgan fingerprint density at radius 3 is 1.96 bits per heavy atom. The Labute approximate surface area is 287 Å². The van der Waals surface area contributed by atoms with Crippen molar-refractivity contribution in [3.05, 3.63) is 65.5 Å². The summed E-state index contributed by atoms with van der Waals surface area (Å²) in [5, 5.41) is 4.61. The SMILES string of the molecule is COc1cccc(-c2nn(COCC[Si](C)(C)C)cc2C(=O)CC(C)(C)C)n1.COc1cccc(C2=NCC=C2C(=O)CC(C)(C)C)n1. The van der Waals surface area contributed by atoms with Crippen molar-refractivity contribution in [3.8, 4) is 23.1 Å². The largest absolute Gasteiger partial charge is 0.481 e. The number of pyridine rings is 2. The average molecular weight is 676 g/mol. The third-order valence-electron chi connectivity index (χ3n) is 7.11. The van der Waals surface area contributed by atoms with E-state index in [0.717, 1.165) is 6.04 Å². The number of ketones is 2. The topological polar surface area (TPSA) is 118 Å². The summed E-state index contributed by atoms with van der Waals surface area (Å²) in [7, 11) is 2.00. The van der Waals surface area contributed by atoms with Gasteiger partial charge in [0.25, 0.3) is 0 Å². The van der Waals surface area contributed by atoms with Crippen molar-refractivity contribution in [1.82, 2.24) is 19.7 Å². The van der Waals surface area contributed by atoms with Crippen LogP contribution in [0.3, 0.4) is 0 Å². The molecule has 4 rings (SSSR count). The minimum Gasteiger partial charge on any atom is -0.481 e. The Bertz CT molecular complexity index is 1620. The zero-order valence-corrected chi connectivity index (χ0v) is 31.6. The van der Waals surface area contributed by atoms with Crippen LogP contribution in [0.25, 0.3) is 11.4 Å². The summed E-state index contributed by atoms with van der Waals surface area (Å²) < 4.78 is 17.8. The molecule has 0 radical (unpaired) electrons. The maximum absolute atomic E-state index is 12.9. The normalized spacial score (nSPS) is 13.3. The van der Waals surface area contributed by atoms with Crippen LogP contribution in [0.4, 0.5) is 0 Å². The lowest BCUT2D eigenvalue weighted by Crippen LogP contribution is -2.22. The highest BCUT2D eigenvalue weighted by Gasteiger charge is 2.26. The predicted octanol–water partition coefficient (Wildman–Crippen LogP) is 7.71. The van der Waals surface area contributed by atoms with Crippen LogP contribution < -0.4 is 9.47 Å². The number of rotatable bonds is 13. The Kier molecular flexibility index (Phi) is 13.2. The van der Waals surface area contributed by atoms with Gasteiger partial charge in [-0.25, -0.2) is 14.6 Å². The van der Waals surface area contributed by atoms with Gasteiger partial charge in [-0.1, -0.05) is 79.4 Å². The van der Waals surface area contributed by atoms with E-state index in [1.807, 2.05) is 30.3 Å². The molecule has 3 aromatic rings. The number of aliphatic imine (C=N–C) groups is 1. The molecular formula is C37H53N5O5Si. The van der Waals surface area contributed by atoms with Gasteiger partial charge in [0, 0.05) is 51.4 Å². The van der Waals surface area contributed by atoms with Crippen molar-refractivity contribution < 1.29 is 23.8 Å². The molecule has 48 heavy (non-hydrogen) atoms. The van der Waals surface area contributed by atoms with Gasteiger partial charge in [-0.2, -0.15) is 5.10 Å². The summed E-state index contributed by atoms with van der Waals surface area (Å²) in [5.41, 5.74) is 3.68. The molecule has 0 amide bonds. The third kappa shape index (κ3) is 12.2. The fourth-order valence-electron chi connectivity index (χ4n) is 4.77. The van der Waals surface area contributed by atoms with Crippen molar-refractivity contribution in [2.24, 2.45) is 15.8 Å². The number of ether oxygens (including phenoxy) is 3. The maximum Gasteiger partial charge on any atom is 0.213 e. The van der Waals surface area contributed by atoms with E-state index in [1.165, 1.54) is 0 Å². The molecule has 0 fully saturated rings. The van der Waals surface area contributed by atoms with Crippen molar-refractivity contribution in [2.45, 2.75) is 86.8 Å².